The summed E-state index contributed by atoms with van der Waals surface area (Å²) in [5.74, 6) is 4.72. The van der Waals surface area contributed by atoms with Gasteiger partial charge in [0.2, 0.25) is 5.91 Å². The van der Waals surface area contributed by atoms with Crippen LogP contribution in [0, 0.1) is 5.82 Å². The largest absolute Gasteiger partial charge is 0.377 e. The normalized spacial score (nSPS) is 18.1. The van der Waals surface area contributed by atoms with Crippen LogP contribution < -0.4 is 16.9 Å². The van der Waals surface area contributed by atoms with Gasteiger partial charge in [-0.15, -0.1) is 11.8 Å². The van der Waals surface area contributed by atoms with Crippen LogP contribution in [0.5, 0.6) is 0 Å². The number of rotatable bonds is 8. The minimum absolute atomic E-state index is 0.115. The lowest BCUT2D eigenvalue weighted by Crippen LogP contribution is -2.47. The van der Waals surface area contributed by atoms with Gasteiger partial charge in [-0.05, 0) is 29.5 Å². The Morgan fingerprint density at radius 1 is 1.54 bits per heavy atom. The molecule has 0 saturated carbocycles. The molecule has 1 fully saturated rings. The second kappa shape index (κ2) is 11.5. The van der Waals surface area contributed by atoms with Crippen molar-refractivity contribution in [1.29, 1.82) is 0 Å². The van der Waals surface area contributed by atoms with Crippen molar-refractivity contribution < 1.29 is 13.9 Å². The van der Waals surface area contributed by atoms with Gasteiger partial charge in [-0.25, -0.2) is 4.39 Å². The second-order valence-electron chi connectivity index (χ2n) is 6.01. The molecule has 1 saturated heterocycles. The van der Waals surface area contributed by atoms with Crippen LogP contribution in [0.1, 0.15) is 5.56 Å². The second-order valence-corrected chi connectivity index (χ2v) is 8.86. The molecular weight excluding hydrogens is 425 g/mol. The van der Waals surface area contributed by atoms with E-state index in [4.69, 9.17) is 27.9 Å². The summed E-state index contributed by atoms with van der Waals surface area (Å²) in [5, 5.41) is 6.50. The fraction of sp³-hybridized carbons (Fsp3) is 0.412. The third-order valence-corrected chi connectivity index (χ3v) is 6.01. The van der Waals surface area contributed by atoms with E-state index in [1.165, 1.54) is 17.8 Å². The smallest absolute Gasteiger partial charge is 0.230 e. The number of carbonyl (C=O) groups excluding carboxylic acids is 1. The van der Waals surface area contributed by atoms with Crippen LogP contribution in [0.3, 0.4) is 0 Å². The van der Waals surface area contributed by atoms with E-state index in [2.05, 4.69) is 21.9 Å². The Morgan fingerprint density at radius 2 is 2.32 bits per heavy atom. The lowest BCUT2D eigenvalue weighted by atomic mass is 10.2. The minimum atomic E-state index is -0.426. The fourth-order valence-electron chi connectivity index (χ4n) is 2.54. The molecule has 28 heavy (non-hydrogen) atoms. The van der Waals surface area contributed by atoms with Gasteiger partial charge in [0.15, 0.2) is 5.17 Å². The van der Waals surface area contributed by atoms with E-state index in [0.717, 1.165) is 23.9 Å². The molecule has 0 spiro atoms. The number of nitrogens with one attached hydrogen (secondary N) is 1. The zero-order valence-corrected chi connectivity index (χ0v) is 17.6. The first-order valence-corrected chi connectivity index (χ1v) is 10.6. The average Bonchev–Trinajstić information content (AvgIpc) is 2.68. The first kappa shape index (κ1) is 22.8. The van der Waals surface area contributed by atoms with E-state index in [9.17, 15) is 9.18 Å². The Morgan fingerprint density at radius 3 is 3.04 bits per heavy atom. The molecule has 2 rings (SSSR count). The molecule has 1 aromatic carbocycles. The quantitative estimate of drug-likeness (QED) is 0.242. The van der Waals surface area contributed by atoms with E-state index in [1.807, 2.05) is 0 Å². The lowest BCUT2D eigenvalue weighted by molar-refractivity contribution is -0.119. The highest BCUT2D eigenvalue weighted by molar-refractivity contribution is 8.29. The van der Waals surface area contributed by atoms with E-state index >= 15 is 0 Å². The van der Waals surface area contributed by atoms with Crippen molar-refractivity contribution in [2.24, 2.45) is 16.7 Å². The highest BCUT2D eigenvalue weighted by Gasteiger charge is 2.21. The molecule has 1 atom stereocenters. The number of halogens is 2. The van der Waals surface area contributed by atoms with Crippen LogP contribution in [0.4, 0.5) is 4.39 Å². The van der Waals surface area contributed by atoms with Crippen molar-refractivity contribution in [3.63, 3.8) is 0 Å². The molecule has 0 aliphatic carbocycles. The van der Waals surface area contributed by atoms with E-state index in [1.54, 1.807) is 12.1 Å². The molecule has 1 aliphatic rings. The molecule has 154 valence electrons. The molecule has 7 nitrogen and oxygen atoms in total. The Hall–Kier alpha value is -1.46. The number of hydrazone groups is 1. The zero-order chi connectivity index (χ0) is 20.5. The van der Waals surface area contributed by atoms with Gasteiger partial charge in [0.25, 0.3) is 0 Å². The number of thioether (sulfide) groups is 2. The number of nitrogens with zero attached hydrogens (tertiary/aromatic N) is 2. The zero-order valence-electron chi connectivity index (χ0n) is 15.2. The monoisotopic (exact) mass is 447 g/mol. The van der Waals surface area contributed by atoms with E-state index < -0.39 is 5.82 Å². The van der Waals surface area contributed by atoms with Crippen molar-refractivity contribution in [1.82, 2.24) is 10.2 Å². The summed E-state index contributed by atoms with van der Waals surface area (Å²) >= 11 is 8.22. The summed E-state index contributed by atoms with van der Waals surface area (Å²) < 4.78 is 19.6. The molecular formula is C17H23ClFN5O2S2. The Bertz CT molecular complexity index is 737. The number of carbonyl (C=O) groups is 1. The molecule has 0 bridgehead atoms. The van der Waals surface area contributed by atoms with Gasteiger partial charge in [-0.1, -0.05) is 24.2 Å². The first-order valence-electron chi connectivity index (χ1n) is 8.45. The predicted molar refractivity (Wildman–Crippen MR) is 114 cm³/mol. The van der Waals surface area contributed by atoms with E-state index in [-0.39, 0.29) is 28.0 Å². The molecule has 11 heteroatoms. The number of morpholine rings is 1. The van der Waals surface area contributed by atoms with Gasteiger partial charge >= 0.3 is 0 Å². The van der Waals surface area contributed by atoms with Crippen molar-refractivity contribution in [3.8, 4) is 0 Å². The van der Waals surface area contributed by atoms with Gasteiger partial charge in [-0.2, -0.15) is 5.10 Å². The van der Waals surface area contributed by atoms with Crippen molar-refractivity contribution in [2.75, 3.05) is 32.0 Å². The molecule has 1 aromatic rings. The highest BCUT2D eigenvalue weighted by Crippen LogP contribution is 2.25. The van der Waals surface area contributed by atoms with Gasteiger partial charge in [0.05, 0.1) is 23.5 Å². The summed E-state index contributed by atoms with van der Waals surface area (Å²) in [6, 6.07) is 4.72. The average molecular weight is 448 g/mol. The SMILES string of the molecule is C=C(SCC(=O)NC[C@H]1CN(Cc2ccc(F)c(Cl)c2)CCO1)S/C(N)=N\N. The van der Waals surface area contributed by atoms with Crippen LogP contribution in [0.25, 0.3) is 0 Å². The van der Waals surface area contributed by atoms with Gasteiger partial charge < -0.3 is 21.6 Å². The number of amidine groups is 1. The summed E-state index contributed by atoms with van der Waals surface area (Å²) in [5.41, 5.74) is 6.42. The summed E-state index contributed by atoms with van der Waals surface area (Å²) in [6.07, 6.45) is -0.115. The van der Waals surface area contributed by atoms with Crippen molar-refractivity contribution in [3.05, 3.63) is 45.4 Å². The molecule has 0 aromatic heterocycles. The number of ether oxygens (including phenoxy) is 1. The summed E-state index contributed by atoms with van der Waals surface area (Å²) in [7, 11) is 0. The van der Waals surface area contributed by atoms with Crippen molar-refractivity contribution in [2.45, 2.75) is 12.6 Å². The fourth-order valence-corrected chi connectivity index (χ4v) is 4.09. The maximum absolute atomic E-state index is 13.3. The number of hydrogen-bond donors (Lipinski definition) is 3. The predicted octanol–water partition coefficient (Wildman–Crippen LogP) is 1.92. The number of amides is 1. The maximum Gasteiger partial charge on any atom is 0.230 e. The highest BCUT2D eigenvalue weighted by atomic mass is 35.5. The van der Waals surface area contributed by atoms with Gasteiger partial charge in [-0.3, -0.25) is 9.69 Å². The Kier molecular flexibility index (Phi) is 9.39. The van der Waals surface area contributed by atoms with Gasteiger partial charge in [0.1, 0.15) is 5.82 Å². The topological polar surface area (TPSA) is 106 Å². The lowest BCUT2D eigenvalue weighted by Gasteiger charge is -2.33. The summed E-state index contributed by atoms with van der Waals surface area (Å²) in [4.78, 5) is 14.2. The number of nitrogens with two attached hydrogens (primary N) is 2. The number of hydrogen-bond acceptors (Lipinski definition) is 7. The molecule has 0 radical (unpaired) electrons. The maximum atomic E-state index is 13.3. The van der Waals surface area contributed by atoms with Crippen LogP contribution in [-0.4, -0.2) is 54.1 Å². The Labute approximate surface area is 177 Å². The molecule has 0 unspecified atom stereocenters. The van der Waals surface area contributed by atoms with E-state index in [0.29, 0.717) is 30.5 Å². The molecule has 1 amide bonds. The van der Waals surface area contributed by atoms with Crippen molar-refractivity contribution >= 4 is 46.2 Å². The molecule has 5 N–H and O–H groups in total. The van der Waals surface area contributed by atoms with Crippen LogP contribution in [0.2, 0.25) is 5.02 Å². The standard InChI is InChI=1S/C17H23ClFN5O2S2/c1-11(28-17(20)23-21)27-10-16(25)22-7-13-9-24(4-5-26-13)8-12-2-3-15(19)14(18)6-12/h2-3,6,13H,1,4-5,7-10,21H2,(H2,20,23)(H,22,25)/t13-/m0/s1. The first-order chi connectivity index (χ1) is 13.4. The third-order valence-electron chi connectivity index (χ3n) is 3.85. The van der Waals surface area contributed by atoms with Crippen LogP contribution in [-0.2, 0) is 16.1 Å². The minimum Gasteiger partial charge on any atom is -0.377 e. The summed E-state index contributed by atoms with van der Waals surface area (Å²) in [6.45, 7) is 6.83. The third kappa shape index (κ3) is 7.88. The van der Waals surface area contributed by atoms with Crippen LogP contribution in [0.15, 0.2) is 34.1 Å². The number of benzene rings is 1. The van der Waals surface area contributed by atoms with Gasteiger partial charge in [0, 0.05) is 30.4 Å². The Balaban J connectivity index is 1.71. The molecule has 1 aliphatic heterocycles. The van der Waals surface area contributed by atoms with Crippen LogP contribution >= 0.6 is 35.1 Å². The molecule has 1 heterocycles.